The van der Waals surface area contributed by atoms with Crippen LogP contribution in [0, 0.1) is 11.7 Å². The summed E-state index contributed by atoms with van der Waals surface area (Å²) in [6.07, 6.45) is 1.72. The fourth-order valence-electron chi connectivity index (χ4n) is 5.11. The largest absolute Gasteiger partial charge is 0.481 e. The number of carboxylic acid groups (broad SMARTS) is 1. The Morgan fingerprint density at radius 3 is 2.58 bits per heavy atom. The molecule has 7 nitrogen and oxygen atoms in total. The number of Topliss-reactive ketones (excluding diaryl/α,β-unsaturated/α-hetero) is 1. The number of halogens is 3. The van der Waals surface area contributed by atoms with Gasteiger partial charge < -0.3 is 15.2 Å². The molecule has 2 aliphatic rings. The van der Waals surface area contributed by atoms with Gasteiger partial charge in [-0.2, -0.15) is 4.39 Å². The number of fused-ring (bicyclic) bond motifs is 1. The summed E-state index contributed by atoms with van der Waals surface area (Å²) in [5, 5.41) is 13.0. The fraction of sp³-hybridized carbons (Fsp3) is 0.444. The van der Waals surface area contributed by atoms with Crippen molar-refractivity contribution in [2.24, 2.45) is 5.92 Å². The van der Waals surface area contributed by atoms with Crippen LogP contribution in [-0.4, -0.2) is 51.9 Å². The van der Waals surface area contributed by atoms with Crippen molar-refractivity contribution in [3.63, 3.8) is 0 Å². The van der Waals surface area contributed by atoms with Gasteiger partial charge in [0.2, 0.25) is 5.78 Å². The number of carboxylic acids is 1. The van der Waals surface area contributed by atoms with Gasteiger partial charge in [0.1, 0.15) is 5.82 Å². The third kappa shape index (κ3) is 5.68. The van der Waals surface area contributed by atoms with Crippen molar-refractivity contribution in [2.45, 2.75) is 57.0 Å². The number of nitrogens with one attached hydrogen (secondary N) is 1. The highest BCUT2D eigenvalue weighted by atomic mass is 35.5. The number of ether oxygens (including phenoxy) is 1. The third-order valence-electron chi connectivity index (χ3n) is 7.23. The van der Waals surface area contributed by atoms with Gasteiger partial charge in [-0.15, -0.1) is 0 Å². The van der Waals surface area contributed by atoms with Crippen LogP contribution in [0.25, 0.3) is 10.2 Å². The number of anilines is 2. The van der Waals surface area contributed by atoms with Crippen molar-refractivity contribution in [2.75, 3.05) is 18.4 Å². The van der Waals surface area contributed by atoms with Crippen LogP contribution in [0.1, 0.15) is 44.1 Å². The van der Waals surface area contributed by atoms with Crippen molar-refractivity contribution in [1.82, 2.24) is 9.88 Å². The smallest absolute Gasteiger partial charge is 0.330 e. The molecular formula is C27H28ClF2N3O4S. The Balaban J connectivity index is 1.32. The van der Waals surface area contributed by atoms with Crippen molar-refractivity contribution in [3.8, 4) is 0 Å². The standard InChI is InChI=1S/C27H28ClF2N3O4S/c28-19-13-17(20(29)15-22(19)32-26-31-21-5-1-2-6-23(21)38-26)14-24(34)27(30,33-11-3-4-12-33)37-18-9-7-16(8-10-18)25(35)36/h1-2,5-6,13,15-16,18H,3-4,7-12,14H2,(H,31,32)(H,35,36). The normalized spacial score (nSPS) is 21.9. The Kier molecular flexibility index (Phi) is 7.95. The highest BCUT2D eigenvalue weighted by Gasteiger charge is 2.49. The molecule has 0 amide bonds. The lowest BCUT2D eigenvalue weighted by molar-refractivity contribution is -0.252. The summed E-state index contributed by atoms with van der Waals surface area (Å²) in [7, 11) is 0. The summed E-state index contributed by atoms with van der Waals surface area (Å²) in [4.78, 5) is 30.4. The molecule has 1 atom stereocenters. The Labute approximate surface area is 227 Å². The lowest BCUT2D eigenvalue weighted by atomic mass is 9.87. The zero-order valence-electron chi connectivity index (χ0n) is 20.6. The molecule has 0 spiro atoms. The molecule has 11 heteroatoms. The topological polar surface area (TPSA) is 91.8 Å². The molecule has 3 aromatic rings. The van der Waals surface area contributed by atoms with Crippen molar-refractivity contribution in [3.05, 3.63) is 52.8 Å². The van der Waals surface area contributed by atoms with Gasteiger partial charge in [-0.25, -0.2) is 14.3 Å². The Morgan fingerprint density at radius 2 is 1.89 bits per heavy atom. The van der Waals surface area contributed by atoms with Crippen molar-refractivity contribution >= 4 is 55.7 Å². The summed E-state index contributed by atoms with van der Waals surface area (Å²) >= 11 is 7.82. The number of aliphatic carboxylic acids is 1. The van der Waals surface area contributed by atoms with Crippen LogP contribution in [0.2, 0.25) is 5.02 Å². The van der Waals surface area contributed by atoms with E-state index in [0.29, 0.717) is 43.9 Å². The minimum absolute atomic E-state index is 0.0331. The van der Waals surface area contributed by atoms with E-state index < -0.39 is 42.0 Å². The lowest BCUT2D eigenvalue weighted by Gasteiger charge is -2.37. The molecule has 0 radical (unpaired) electrons. The number of likely N-dealkylation sites (tertiary alicyclic amines) is 1. The highest BCUT2D eigenvalue weighted by Crippen LogP contribution is 2.36. The maximum atomic E-state index is 16.4. The minimum Gasteiger partial charge on any atom is -0.481 e. The van der Waals surface area contributed by atoms with E-state index in [2.05, 4.69) is 10.3 Å². The number of aromatic nitrogens is 1. The van der Waals surface area contributed by atoms with E-state index in [4.69, 9.17) is 16.3 Å². The number of carbonyl (C=O) groups excluding carboxylic acids is 1. The van der Waals surface area contributed by atoms with E-state index in [0.717, 1.165) is 23.1 Å². The Morgan fingerprint density at radius 1 is 1.18 bits per heavy atom. The SMILES string of the molecule is O=C(O)C1CCC(OC(F)(C(=O)Cc2cc(Cl)c(Nc3nc4ccccc4s3)cc2F)N2CCCC2)CC1. The molecule has 2 heterocycles. The summed E-state index contributed by atoms with van der Waals surface area (Å²) in [5.74, 6) is -5.68. The van der Waals surface area contributed by atoms with Gasteiger partial charge in [-0.3, -0.25) is 9.59 Å². The number of nitrogens with zero attached hydrogens (tertiary/aromatic N) is 2. The number of carbonyl (C=O) groups is 2. The number of rotatable bonds is 9. The van der Waals surface area contributed by atoms with Crippen LogP contribution in [-0.2, 0) is 20.7 Å². The van der Waals surface area contributed by atoms with E-state index in [1.54, 1.807) is 0 Å². The quantitative estimate of drug-likeness (QED) is 0.294. The monoisotopic (exact) mass is 563 g/mol. The van der Waals surface area contributed by atoms with Gasteiger partial charge >= 0.3 is 11.9 Å². The number of benzene rings is 2. The second-order valence-corrected chi connectivity index (χ2v) is 11.3. The first kappa shape index (κ1) is 26.9. The van der Waals surface area contributed by atoms with E-state index in [1.807, 2.05) is 24.3 Å². The van der Waals surface area contributed by atoms with Gasteiger partial charge in [0.25, 0.3) is 0 Å². The second-order valence-electron chi connectivity index (χ2n) is 9.82. The predicted molar refractivity (Wildman–Crippen MR) is 142 cm³/mol. The van der Waals surface area contributed by atoms with Gasteiger partial charge in [-0.1, -0.05) is 35.1 Å². The molecule has 1 unspecified atom stereocenters. The van der Waals surface area contributed by atoms with E-state index >= 15 is 8.78 Å². The van der Waals surface area contributed by atoms with Gasteiger partial charge in [0.15, 0.2) is 5.13 Å². The molecule has 5 rings (SSSR count). The van der Waals surface area contributed by atoms with E-state index in [-0.39, 0.29) is 16.3 Å². The number of para-hydroxylation sites is 1. The lowest BCUT2D eigenvalue weighted by Crippen LogP contribution is -2.54. The highest BCUT2D eigenvalue weighted by molar-refractivity contribution is 7.22. The van der Waals surface area contributed by atoms with Gasteiger partial charge in [-0.05, 0) is 68.4 Å². The maximum absolute atomic E-state index is 16.4. The molecular weight excluding hydrogens is 536 g/mol. The zero-order chi connectivity index (χ0) is 26.9. The van der Waals surface area contributed by atoms with Crippen LogP contribution in [0.4, 0.5) is 19.6 Å². The van der Waals surface area contributed by atoms with Crippen LogP contribution in [0.3, 0.4) is 0 Å². The average Bonchev–Trinajstić information content (AvgIpc) is 3.57. The zero-order valence-corrected chi connectivity index (χ0v) is 22.2. The fourth-order valence-corrected chi connectivity index (χ4v) is 6.22. The maximum Gasteiger partial charge on any atom is 0.330 e. The Hall–Kier alpha value is -2.66. The summed E-state index contributed by atoms with van der Waals surface area (Å²) in [6, 6.07) is 10.1. The molecule has 2 fully saturated rings. The first-order valence-electron chi connectivity index (χ1n) is 12.7. The first-order valence-corrected chi connectivity index (χ1v) is 13.9. The molecule has 202 valence electrons. The van der Waals surface area contributed by atoms with Crippen molar-refractivity contribution < 1.29 is 28.2 Å². The summed E-state index contributed by atoms with van der Waals surface area (Å²) < 4.78 is 38.3. The van der Waals surface area contributed by atoms with Gasteiger partial charge in [0, 0.05) is 19.5 Å². The third-order valence-corrected chi connectivity index (χ3v) is 8.49. The predicted octanol–water partition coefficient (Wildman–Crippen LogP) is 6.32. The molecule has 1 saturated carbocycles. The summed E-state index contributed by atoms with van der Waals surface area (Å²) in [5.41, 5.74) is 1.06. The molecule has 38 heavy (non-hydrogen) atoms. The number of thiazole rings is 1. The number of hydrogen-bond donors (Lipinski definition) is 2. The molecule has 1 aliphatic carbocycles. The Bertz CT molecular complexity index is 1310. The van der Waals surface area contributed by atoms with Crippen LogP contribution >= 0.6 is 22.9 Å². The van der Waals surface area contributed by atoms with Crippen LogP contribution in [0.15, 0.2) is 36.4 Å². The molecule has 2 N–H and O–H groups in total. The number of ketones is 1. The van der Waals surface area contributed by atoms with E-state index in [1.165, 1.54) is 28.4 Å². The van der Waals surface area contributed by atoms with Crippen molar-refractivity contribution in [1.29, 1.82) is 0 Å². The molecule has 2 aromatic carbocycles. The summed E-state index contributed by atoms with van der Waals surface area (Å²) in [6.45, 7) is 0.696. The second kappa shape index (κ2) is 11.2. The van der Waals surface area contributed by atoms with E-state index in [9.17, 15) is 14.7 Å². The van der Waals surface area contributed by atoms with Crippen LogP contribution < -0.4 is 5.32 Å². The minimum atomic E-state index is -2.71. The number of hydrogen-bond acceptors (Lipinski definition) is 7. The average molecular weight is 564 g/mol. The van der Waals surface area contributed by atoms with Crippen LogP contribution in [0.5, 0.6) is 0 Å². The molecule has 0 bridgehead atoms. The van der Waals surface area contributed by atoms with Gasteiger partial charge in [0.05, 0.1) is 32.9 Å². The number of alkyl halides is 1. The molecule has 1 aromatic heterocycles. The first-order chi connectivity index (χ1) is 18.2. The molecule has 1 saturated heterocycles. The molecule has 1 aliphatic heterocycles.